The standard InChI is InChI=1S/C21H14F3N3O2/c1-13-5-10-18(19(25)27-13)20(28)26-12-14-6-8-16(9-7-14)29-17-4-2-3-15(11-17)21(22,23)24/h4,6-9,11H,12H2,1H3,(H2,25,27)(H,26,28). The molecule has 5 nitrogen and oxygen atoms in total. The normalized spacial score (nSPS) is 10.6. The highest BCUT2D eigenvalue weighted by atomic mass is 19.4. The van der Waals surface area contributed by atoms with E-state index in [0.29, 0.717) is 11.4 Å². The second kappa shape index (κ2) is 7.99. The number of alkyl halides is 3. The number of anilines is 1. The molecule has 0 aliphatic carbocycles. The molecule has 3 rings (SSSR count). The van der Waals surface area contributed by atoms with Crippen molar-refractivity contribution in [2.45, 2.75) is 19.6 Å². The van der Waals surface area contributed by atoms with Crippen LogP contribution in [0.1, 0.15) is 27.2 Å². The van der Waals surface area contributed by atoms with Crippen LogP contribution in [-0.4, -0.2) is 10.9 Å². The summed E-state index contributed by atoms with van der Waals surface area (Å²) < 4.78 is 43.6. The molecular formula is C21H14F3N3O2. The average molecular weight is 397 g/mol. The first-order chi connectivity index (χ1) is 13.7. The molecule has 29 heavy (non-hydrogen) atoms. The number of nitrogens with one attached hydrogen (secondary N) is 1. The molecule has 0 saturated carbocycles. The topological polar surface area (TPSA) is 77.2 Å². The third kappa shape index (κ3) is 5.08. The molecule has 0 saturated heterocycles. The van der Waals surface area contributed by atoms with Crippen LogP contribution >= 0.6 is 0 Å². The molecule has 0 aliphatic heterocycles. The summed E-state index contributed by atoms with van der Waals surface area (Å²) in [6.45, 7) is 1.89. The summed E-state index contributed by atoms with van der Waals surface area (Å²) in [5.41, 5.74) is 6.13. The number of amides is 1. The second-order valence-corrected chi connectivity index (χ2v) is 6.01. The van der Waals surface area contributed by atoms with E-state index in [0.717, 1.165) is 11.6 Å². The van der Waals surface area contributed by atoms with Crippen LogP contribution < -0.4 is 15.8 Å². The minimum atomic E-state index is -4.52. The average Bonchev–Trinajstić information content (AvgIpc) is 2.67. The summed E-state index contributed by atoms with van der Waals surface area (Å²) in [4.78, 5) is 16.1. The van der Waals surface area contributed by atoms with Crippen molar-refractivity contribution in [3.8, 4) is 11.5 Å². The van der Waals surface area contributed by atoms with Gasteiger partial charge in [-0.1, -0.05) is 30.3 Å². The molecule has 0 bridgehead atoms. The van der Waals surface area contributed by atoms with Gasteiger partial charge in [0.25, 0.3) is 5.91 Å². The number of nitrogens with two attached hydrogens (primary N) is 1. The van der Waals surface area contributed by atoms with Gasteiger partial charge in [-0.2, -0.15) is 13.2 Å². The van der Waals surface area contributed by atoms with Crippen LogP contribution in [-0.2, 0) is 12.7 Å². The van der Waals surface area contributed by atoms with Crippen molar-refractivity contribution >= 4 is 11.7 Å². The molecule has 0 aliphatic rings. The Hall–Kier alpha value is -3.91. The van der Waals surface area contributed by atoms with E-state index in [2.05, 4.69) is 28.5 Å². The molecular weight excluding hydrogens is 383 g/mol. The number of aromatic nitrogens is 1. The van der Waals surface area contributed by atoms with Crippen molar-refractivity contribution in [2.24, 2.45) is 0 Å². The quantitative estimate of drug-likeness (QED) is 0.684. The fraction of sp³-hybridized carbons (Fsp3) is 0.143. The van der Waals surface area contributed by atoms with Gasteiger partial charge in [0.1, 0.15) is 28.4 Å². The summed E-state index contributed by atoms with van der Waals surface area (Å²) >= 11 is 0. The summed E-state index contributed by atoms with van der Waals surface area (Å²) in [5, 5.41) is 2.68. The van der Waals surface area contributed by atoms with Gasteiger partial charge >= 0.3 is 6.18 Å². The van der Waals surface area contributed by atoms with Crippen LogP contribution in [0.4, 0.5) is 19.0 Å². The van der Waals surface area contributed by atoms with Crippen LogP contribution in [0, 0.1) is 31.2 Å². The fourth-order valence-electron chi connectivity index (χ4n) is 2.35. The van der Waals surface area contributed by atoms with Crippen LogP contribution in [0.2, 0.25) is 0 Å². The lowest BCUT2D eigenvalue weighted by Crippen LogP contribution is -2.24. The fourth-order valence-corrected chi connectivity index (χ4v) is 2.35. The van der Waals surface area contributed by atoms with E-state index in [9.17, 15) is 18.0 Å². The number of carbonyl (C=O) groups is 1. The maximum Gasteiger partial charge on any atom is 0.424 e. The van der Waals surface area contributed by atoms with Crippen LogP contribution in [0.15, 0.2) is 36.4 Å². The van der Waals surface area contributed by atoms with Gasteiger partial charge in [-0.15, -0.1) is 0 Å². The molecule has 1 heterocycles. The molecule has 3 N–H and O–H groups in total. The highest BCUT2D eigenvalue weighted by molar-refractivity contribution is 5.97. The summed E-state index contributed by atoms with van der Waals surface area (Å²) in [7, 11) is 0. The highest BCUT2D eigenvalue weighted by Gasteiger charge is 2.31. The van der Waals surface area contributed by atoms with E-state index in [1.165, 1.54) is 6.07 Å². The number of halogens is 3. The molecule has 1 aromatic heterocycles. The Morgan fingerprint density at radius 3 is 2.55 bits per heavy atom. The largest absolute Gasteiger partial charge is 0.457 e. The van der Waals surface area contributed by atoms with Gasteiger partial charge in [0, 0.05) is 18.7 Å². The SMILES string of the molecule is Cc1c#cc(C(=O)NCc2ccc(Oc3cc#cc(C(F)(F)F)c3)cc2)c(N)n1. The molecule has 0 atom stereocenters. The predicted molar refractivity (Wildman–Crippen MR) is 97.9 cm³/mol. The van der Waals surface area contributed by atoms with Gasteiger partial charge in [-0.05, 0) is 30.7 Å². The van der Waals surface area contributed by atoms with E-state index < -0.39 is 17.6 Å². The number of hydrogen-bond acceptors (Lipinski definition) is 4. The third-order valence-electron chi connectivity index (χ3n) is 3.77. The second-order valence-electron chi connectivity index (χ2n) is 6.01. The first kappa shape index (κ1) is 19.8. The molecule has 0 radical (unpaired) electrons. The predicted octanol–water partition coefficient (Wildman–Crippen LogP) is 3.91. The molecule has 1 amide bonds. The first-order valence-electron chi connectivity index (χ1n) is 8.35. The van der Waals surface area contributed by atoms with E-state index in [1.807, 2.05) is 6.07 Å². The van der Waals surface area contributed by atoms with E-state index in [4.69, 9.17) is 10.5 Å². The number of nitrogens with zero attached hydrogens (tertiary/aromatic N) is 1. The van der Waals surface area contributed by atoms with Gasteiger partial charge in [-0.25, -0.2) is 4.98 Å². The lowest BCUT2D eigenvalue weighted by atomic mass is 10.2. The molecule has 3 aromatic rings. The lowest BCUT2D eigenvalue weighted by molar-refractivity contribution is -0.137. The number of hydrogen-bond donors (Lipinski definition) is 2. The van der Waals surface area contributed by atoms with Crippen LogP contribution in [0.3, 0.4) is 0 Å². The Bertz CT molecular complexity index is 1020. The van der Waals surface area contributed by atoms with Gasteiger partial charge in [-0.3, -0.25) is 4.79 Å². The summed E-state index contributed by atoms with van der Waals surface area (Å²) in [5.74, 6) is -0.0473. The Balaban J connectivity index is 1.61. The highest BCUT2D eigenvalue weighted by Crippen LogP contribution is 2.31. The van der Waals surface area contributed by atoms with E-state index in [-0.39, 0.29) is 23.7 Å². The zero-order valence-electron chi connectivity index (χ0n) is 15.1. The van der Waals surface area contributed by atoms with Gasteiger partial charge in [0.2, 0.25) is 0 Å². The summed E-state index contributed by atoms with van der Waals surface area (Å²) in [6, 6.07) is 18.3. The number of aryl methyl sites for hydroxylation is 1. The molecule has 0 spiro atoms. The minimum absolute atomic E-state index is 0.00809. The maximum atomic E-state index is 12.7. The van der Waals surface area contributed by atoms with E-state index in [1.54, 1.807) is 31.2 Å². The Labute approximate surface area is 165 Å². The van der Waals surface area contributed by atoms with Crippen molar-refractivity contribution in [1.29, 1.82) is 0 Å². The Morgan fingerprint density at radius 1 is 1.17 bits per heavy atom. The molecule has 0 unspecified atom stereocenters. The molecule has 0 fully saturated rings. The van der Waals surface area contributed by atoms with Gasteiger partial charge in [0.15, 0.2) is 0 Å². The number of benzene rings is 1. The monoisotopic (exact) mass is 397 g/mol. The zero-order valence-corrected chi connectivity index (χ0v) is 15.1. The lowest BCUT2D eigenvalue weighted by Gasteiger charge is -2.09. The third-order valence-corrected chi connectivity index (χ3v) is 3.77. The number of nitrogen functional groups attached to an aromatic ring is 1. The molecule has 2 aromatic carbocycles. The van der Waals surface area contributed by atoms with Crippen molar-refractivity contribution in [3.63, 3.8) is 0 Å². The molecule has 146 valence electrons. The van der Waals surface area contributed by atoms with Crippen molar-refractivity contribution < 1.29 is 22.7 Å². The number of ether oxygens (including phenoxy) is 1. The minimum Gasteiger partial charge on any atom is -0.457 e. The first-order valence-corrected chi connectivity index (χ1v) is 8.35. The van der Waals surface area contributed by atoms with Crippen molar-refractivity contribution in [1.82, 2.24) is 10.3 Å². The zero-order chi connectivity index (χ0) is 21.0. The maximum absolute atomic E-state index is 12.7. The van der Waals surface area contributed by atoms with Gasteiger partial charge < -0.3 is 15.8 Å². The van der Waals surface area contributed by atoms with E-state index >= 15 is 0 Å². The smallest absolute Gasteiger partial charge is 0.424 e. The summed E-state index contributed by atoms with van der Waals surface area (Å²) in [6.07, 6.45) is -4.52. The number of carbonyl (C=O) groups excluding carboxylic acids is 1. The molecule has 8 heteroatoms. The Kier molecular flexibility index (Phi) is 5.47. The Morgan fingerprint density at radius 2 is 1.90 bits per heavy atom. The van der Waals surface area contributed by atoms with Crippen LogP contribution in [0.25, 0.3) is 0 Å². The number of rotatable bonds is 5. The van der Waals surface area contributed by atoms with Crippen molar-refractivity contribution in [3.05, 3.63) is 83.0 Å². The van der Waals surface area contributed by atoms with Gasteiger partial charge in [0.05, 0.1) is 5.69 Å². The van der Waals surface area contributed by atoms with Crippen molar-refractivity contribution in [2.75, 3.05) is 5.73 Å². The van der Waals surface area contributed by atoms with Crippen LogP contribution in [0.5, 0.6) is 11.5 Å².